The van der Waals surface area contributed by atoms with E-state index in [4.69, 9.17) is 9.52 Å². The monoisotopic (exact) mass is 263 g/mol. The average Bonchev–Trinajstić information content (AvgIpc) is 2.94. The van der Waals surface area contributed by atoms with Crippen molar-refractivity contribution in [2.45, 2.75) is 38.1 Å². The van der Waals surface area contributed by atoms with E-state index in [0.29, 0.717) is 12.0 Å². The van der Waals surface area contributed by atoms with Crippen molar-refractivity contribution >= 4 is 11.9 Å². The van der Waals surface area contributed by atoms with Crippen LogP contribution in [0, 0.1) is 5.92 Å². The first-order valence-corrected chi connectivity index (χ1v) is 6.81. The smallest absolute Gasteiger partial charge is 0.371 e. The fourth-order valence-corrected chi connectivity index (χ4v) is 3.07. The van der Waals surface area contributed by atoms with Crippen molar-refractivity contribution in [2.75, 3.05) is 6.54 Å². The Bertz CT molecular complexity index is 503. The van der Waals surface area contributed by atoms with Gasteiger partial charge < -0.3 is 14.4 Å². The molecule has 2 heterocycles. The third-order valence-corrected chi connectivity index (χ3v) is 4.28. The zero-order valence-electron chi connectivity index (χ0n) is 10.7. The van der Waals surface area contributed by atoms with E-state index in [2.05, 4.69) is 0 Å². The molecular weight excluding hydrogens is 246 g/mol. The Balaban J connectivity index is 1.76. The lowest BCUT2D eigenvalue weighted by Crippen LogP contribution is -2.42. The Morgan fingerprint density at radius 2 is 1.89 bits per heavy atom. The number of amides is 1. The van der Waals surface area contributed by atoms with Crippen LogP contribution in [0.2, 0.25) is 0 Å². The normalized spacial score (nSPS) is 23.4. The second-order valence-corrected chi connectivity index (χ2v) is 5.37. The van der Waals surface area contributed by atoms with Gasteiger partial charge in [-0.05, 0) is 43.7 Å². The molecule has 1 N–H and O–H groups in total. The lowest BCUT2D eigenvalue weighted by Gasteiger charge is -2.36. The van der Waals surface area contributed by atoms with E-state index in [1.807, 2.05) is 4.90 Å². The molecule has 0 bridgehead atoms. The molecule has 0 spiro atoms. The molecule has 1 aliphatic carbocycles. The lowest BCUT2D eigenvalue weighted by atomic mass is 9.79. The van der Waals surface area contributed by atoms with Crippen LogP contribution in [0.4, 0.5) is 0 Å². The van der Waals surface area contributed by atoms with Crippen LogP contribution in [0.5, 0.6) is 0 Å². The standard InChI is InChI=1S/C14H17NO4/c16-13(11-6-7-12(19-11)14(17)18)15-8-2-5-10(15)9-3-1-4-9/h6-7,9-10H,1-5,8H2,(H,17,18)/t10-/m1/s1. The van der Waals surface area contributed by atoms with Crippen molar-refractivity contribution in [1.29, 1.82) is 0 Å². The molecule has 0 radical (unpaired) electrons. The van der Waals surface area contributed by atoms with E-state index in [-0.39, 0.29) is 17.4 Å². The van der Waals surface area contributed by atoms with Gasteiger partial charge in [0, 0.05) is 12.6 Å². The average molecular weight is 263 g/mol. The number of furan rings is 1. The van der Waals surface area contributed by atoms with E-state index < -0.39 is 5.97 Å². The number of hydrogen-bond acceptors (Lipinski definition) is 3. The second kappa shape index (κ2) is 4.72. The molecule has 102 valence electrons. The largest absolute Gasteiger partial charge is 0.475 e. The van der Waals surface area contributed by atoms with Gasteiger partial charge in [0.25, 0.3) is 5.91 Å². The predicted molar refractivity (Wildman–Crippen MR) is 67.1 cm³/mol. The molecule has 0 aromatic carbocycles. The van der Waals surface area contributed by atoms with Crippen molar-refractivity contribution in [1.82, 2.24) is 4.90 Å². The maximum Gasteiger partial charge on any atom is 0.371 e. The fraction of sp³-hybridized carbons (Fsp3) is 0.571. The summed E-state index contributed by atoms with van der Waals surface area (Å²) >= 11 is 0. The zero-order chi connectivity index (χ0) is 13.4. The van der Waals surface area contributed by atoms with E-state index in [0.717, 1.165) is 19.4 Å². The van der Waals surface area contributed by atoms with Gasteiger partial charge >= 0.3 is 5.97 Å². The third-order valence-electron chi connectivity index (χ3n) is 4.28. The Kier molecular flexibility index (Phi) is 3.05. The SMILES string of the molecule is O=C(O)c1ccc(C(=O)N2CCC[C@@H]2C2CCC2)o1. The molecule has 3 rings (SSSR count). The molecular formula is C14H17NO4. The van der Waals surface area contributed by atoms with Crippen LogP contribution in [0.1, 0.15) is 53.2 Å². The summed E-state index contributed by atoms with van der Waals surface area (Å²) in [6.07, 6.45) is 5.75. The Morgan fingerprint density at radius 3 is 2.47 bits per heavy atom. The van der Waals surface area contributed by atoms with Crippen molar-refractivity contribution in [3.63, 3.8) is 0 Å². The molecule has 1 aromatic heterocycles. The second-order valence-electron chi connectivity index (χ2n) is 5.37. The molecule has 1 atom stereocenters. The summed E-state index contributed by atoms with van der Waals surface area (Å²) in [5.41, 5.74) is 0. The first-order valence-electron chi connectivity index (χ1n) is 6.81. The first kappa shape index (κ1) is 12.3. The number of carboxylic acids is 1. The Morgan fingerprint density at radius 1 is 1.16 bits per heavy atom. The minimum absolute atomic E-state index is 0.142. The van der Waals surface area contributed by atoms with Gasteiger partial charge in [-0.2, -0.15) is 0 Å². The highest BCUT2D eigenvalue weighted by molar-refractivity contribution is 5.93. The summed E-state index contributed by atoms with van der Waals surface area (Å²) in [4.78, 5) is 25.0. The minimum Gasteiger partial charge on any atom is -0.475 e. The number of aromatic carboxylic acids is 1. The number of nitrogens with zero attached hydrogens (tertiary/aromatic N) is 1. The lowest BCUT2D eigenvalue weighted by molar-refractivity contribution is 0.0583. The van der Waals surface area contributed by atoms with Crippen LogP contribution in [-0.2, 0) is 0 Å². The quantitative estimate of drug-likeness (QED) is 0.908. The molecule has 2 aliphatic rings. The fourth-order valence-electron chi connectivity index (χ4n) is 3.07. The van der Waals surface area contributed by atoms with Gasteiger partial charge in [0.1, 0.15) is 0 Å². The zero-order valence-corrected chi connectivity index (χ0v) is 10.7. The number of rotatable bonds is 3. The third kappa shape index (κ3) is 2.13. The van der Waals surface area contributed by atoms with E-state index >= 15 is 0 Å². The Hall–Kier alpha value is -1.78. The van der Waals surface area contributed by atoms with Crippen molar-refractivity contribution in [2.24, 2.45) is 5.92 Å². The summed E-state index contributed by atoms with van der Waals surface area (Å²) in [5.74, 6) is -0.718. The van der Waals surface area contributed by atoms with E-state index in [1.54, 1.807) is 0 Å². The summed E-state index contributed by atoms with van der Waals surface area (Å²) in [6, 6.07) is 3.12. The molecule has 5 nitrogen and oxygen atoms in total. The molecule has 1 saturated heterocycles. The van der Waals surface area contributed by atoms with Crippen molar-refractivity contribution < 1.29 is 19.1 Å². The van der Waals surface area contributed by atoms with Crippen LogP contribution < -0.4 is 0 Å². The predicted octanol–water partition coefficient (Wildman–Crippen LogP) is 2.38. The van der Waals surface area contributed by atoms with Gasteiger partial charge in [0.05, 0.1) is 0 Å². The van der Waals surface area contributed by atoms with Gasteiger partial charge in [-0.15, -0.1) is 0 Å². The summed E-state index contributed by atoms with van der Waals surface area (Å²) in [7, 11) is 0. The number of hydrogen-bond donors (Lipinski definition) is 1. The molecule has 1 aliphatic heterocycles. The first-order chi connectivity index (χ1) is 9.16. The number of carbonyl (C=O) groups is 2. The van der Waals surface area contributed by atoms with E-state index in [1.165, 1.54) is 31.4 Å². The Labute approximate surface area is 111 Å². The number of carbonyl (C=O) groups excluding carboxylic acids is 1. The molecule has 2 fully saturated rings. The van der Waals surface area contributed by atoms with Crippen LogP contribution >= 0.6 is 0 Å². The van der Waals surface area contributed by atoms with Gasteiger partial charge in [0.15, 0.2) is 5.76 Å². The molecule has 1 saturated carbocycles. The number of likely N-dealkylation sites (tertiary alicyclic amines) is 1. The van der Waals surface area contributed by atoms with Crippen LogP contribution in [0.3, 0.4) is 0 Å². The molecule has 0 unspecified atom stereocenters. The molecule has 1 amide bonds. The maximum absolute atomic E-state index is 12.4. The molecule has 1 aromatic rings. The van der Waals surface area contributed by atoms with Crippen molar-refractivity contribution in [3.8, 4) is 0 Å². The van der Waals surface area contributed by atoms with Gasteiger partial charge in [0.2, 0.25) is 5.76 Å². The molecule has 19 heavy (non-hydrogen) atoms. The highest BCUT2D eigenvalue weighted by Gasteiger charge is 2.38. The summed E-state index contributed by atoms with van der Waals surface area (Å²) in [5, 5.41) is 8.81. The maximum atomic E-state index is 12.4. The highest BCUT2D eigenvalue weighted by atomic mass is 16.4. The van der Waals surface area contributed by atoms with Crippen LogP contribution in [-0.4, -0.2) is 34.5 Å². The topological polar surface area (TPSA) is 70.8 Å². The van der Waals surface area contributed by atoms with Gasteiger partial charge in [-0.25, -0.2) is 4.79 Å². The minimum atomic E-state index is -1.14. The van der Waals surface area contributed by atoms with Crippen LogP contribution in [0.25, 0.3) is 0 Å². The summed E-state index contributed by atoms with van der Waals surface area (Å²) < 4.78 is 5.11. The van der Waals surface area contributed by atoms with Crippen molar-refractivity contribution in [3.05, 3.63) is 23.7 Å². The summed E-state index contributed by atoms with van der Waals surface area (Å²) in [6.45, 7) is 0.753. The van der Waals surface area contributed by atoms with Gasteiger partial charge in [-0.3, -0.25) is 4.79 Å². The number of carboxylic acid groups (broad SMARTS) is 1. The highest BCUT2D eigenvalue weighted by Crippen LogP contribution is 2.37. The molecule has 5 heteroatoms. The van der Waals surface area contributed by atoms with E-state index in [9.17, 15) is 9.59 Å². The van der Waals surface area contributed by atoms with Crippen LogP contribution in [0.15, 0.2) is 16.5 Å². The van der Waals surface area contributed by atoms with Gasteiger partial charge in [-0.1, -0.05) is 6.42 Å².